The summed E-state index contributed by atoms with van der Waals surface area (Å²) in [6, 6.07) is 14.4. The van der Waals surface area contributed by atoms with Gasteiger partial charge in [-0.05, 0) is 36.4 Å². The van der Waals surface area contributed by atoms with E-state index in [4.69, 9.17) is 14.2 Å². The molecule has 1 amide bonds. The van der Waals surface area contributed by atoms with Crippen LogP contribution in [0.4, 0.5) is 5.69 Å². The van der Waals surface area contributed by atoms with Gasteiger partial charge in [-0.15, -0.1) is 0 Å². The minimum Gasteiger partial charge on any atom is -0.497 e. The number of benzene rings is 2. The number of carbonyl (C=O) groups is 1. The molecule has 5 nitrogen and oxygen atoms in total. The van der Waals surface area contributed by atoms with Crippen molar-refractivity contribution in [1.29, 1.82) is 0 Å². The molecule has 0 fully saturated rings. The molecule has 0 aliphatic rings. The van der Waals surface area contributed by atoms with Crippen molar-refractivity contribution >= 4 is 11.6 Å². The van der Waals surface area contributed by atoms with Crippen LogP contribution in [-0.4, -0.2) is 26.7 Å². The van der Waals surface area contributed by atoms with Crippen molar-refractivity contribution in [3.8, 4) is 17.2 Å². The molecule has 0 aliphatic heterocycles. The molecule has 0 saturated heterocycles. The van der Waals surface area contributed by atoms with E-state index < -0.39 is 0 Å². The molecule has 21 heavy (non-hydrogen) atoms. The Balaban J connectivity index is 2.00. The van der Waals surface area contributed by atoms with Gasteiger partial charge in [0, 0.05) is 18.9 Å². The van der Waals surface area contributed by atoms with Gasteiger partial charge in [0.15, 0.2) is 0 Å². The smallest absolute Gasteiger partial charge is 0.250 e. The van der Waals surface area contributed by atoms with Crippen LogP contribution in [0.15, 0.2) is 48.5 Å². The molecule has 2 aromatic carbocycles. The molecule has 0 heterocycles. The molecule has 2 rings (SSSR count). The molecule has 0 unspecified atom stereocenters. The van der Waals surface area contributed by atoms with Crippen molar-refractivity contribution in [2.45, 2.75) is 0 Å². The number of anilines is 1. The predicted molar refractivity (Wildman–Crippen MR) is 80.0 cm³/mol. The van der Waals surface area contributed by atoms with Gasteiger partial charge in [0.1, 0.15) is 23.9 Å². The fourth-order valence-electron chi connectivity index (χ4n) is 1.74. The van der Waals surface area contributed by atoms with Crippen LogP contribution < -0.4 is 14.8 Å². The van der Waals surface area contributed by atoms with Gasteiger partial charge in [-0.3, -0.25) is 4.79 Å². The average Bonchev–Trinajstić information content (AvgIpc) is 2.50. The topological polar surface area (TPSA) is 56.8 Å². The number of hydrogen-bond donors (Lipinski definition) is 1. The molecule has 0 saturated carbocycles. The highest BCUT2D eigenvalue weighted by molar-refractivity contribution is 5.91. The molecule has 1 N–H and O–H groups in total. The number of rotatable bonds is 6. The monoisotopic (exact) mass is 287 g/mol. The van der Waals surface area contributed by atoms with Crippen molar-refractivity contribution in [1.82, 2.24) is 0 Å². The number of methoxy groups -OCH3 is 2. The first kappa shape index (κ1) is 14.9. The van der Waals surface area contributed by atoms with Gasteiger partial charge < -0.3 is 19.5 Å². The summed E-state index contributed by atoms with van der Waals surface area (Å²) < 4.78 is 15.6. The Bertz CT molecular complexity index is 595. The summed E-state index contributed by atoms with van der Waals surface area (Å²) in [5.41, 5.74) is 0.690. The lowest BCUT2D eigenvalue weighted by Crippen LogP contribution is -2.16. The quantitative estimate of drug-likeness (QED) is 0.887. The van der Waals surface area contributed by atoms with Gasteiger partial charge in [0.05, 0.1) is 7.11 Å². The van der Waals surface area contributed by atoms with Crippen LogP contribution in [0.1, 0.15) is 0 Å². The Hall–Kier alpha value is -2.53. The number of nitrogens with one attached hydrogen (secondary N) is 1. The predicted octanol–water partition coefficient (Wildman–Crippen LogP) is 3.07. The number of hydrogen-bond acceptors (Lipinski definition) is 4. The Morgan fingerprint density at radius 1 is 1.00 bits per heavy atom. The van der Waals surface area contributed by atoms with Gasteiger partial charge in [-0.25, -0.2) is 0 Å². The van der Waals surface area contributed by atoms with Crippen molar-refractivity contribution < 1.29 is 19.0 Å². The van der Waals surface area contributed by atoms with Crippen LogP contribution in [0, 0.1) is 0 Å². The first-order valence-corrected chi connectivity index (χ1v) is 6.42. The Morgan fingerprint density at radius 3 is 2.38 bits per heavy atom. The van der Waals surface area contributed by atoms with E-state index in [0.717, 1.165) is 5.75 Å². The Morgan fingerprint density at radius 2 is 1.71 bits per heavy atom. The zero-order valence-corrected chi connectivity index (χ0v) is 12.0. The Kier molecular flexibility index (Phi) is 5.17. The summed E-state index contributed by atoms with van der Waals surface area (Å²) in [6.45, 7) is 0.0298. The van der Waals surface area contributed by atoms with Crippen molar-refractivity contribution in [2.75, 3.05) is 26.1 Å². The summed E-state index contributed by atoms with van der Waals surface area (Å²) in [5.74, 6) is 1.90. The van der Waals surface area contributed by atoms with E-state index in [1.54, 1.807) is 37.4 Å². The summed E-state index contributed by atoms with van der Waals surface area (Å²) in [6.07, 6.45) is 0. The summed E-state index contributed by atoms with van der Waals surface area (Å²) in [5, 5.41) is 2.71. The second-order valence-electron chi connectivity index (χ2n) is 4.29. The maximum atomic E-state index is 11.4. The van der Waals surface area contributed by atoms with Crippen LogP contribution in [0.3, 0.4) is 0 Å². The maximum Gasteiger partial charge on any atom is 0.250 e. The van der Waals surface area contributed by atoms with E-state index in [2.05, 4.69) is 5.32 Å². The third kappa shape index (κ3) is 4.50. The van der Waals surface area contributed by atoms with E-state index in [-0.39, 0.29) is 12.5 Å². The fourth-order valence-corrected chi connectivity index (χ4v) is 1.74. The second-order valence-corrected chi connectivity index (χ2v) is 4.29. The normalized spacial score (nSPS) is 10.0. The number of amides is 1. The molecule has 0 aromatic heterocycles. The van der Waals surface area contributed by atoms with E-state index in [0.29, 0.717) is 17.2 Å². The zero-order valence-electron chi connectivity index (χ0n) is 12.0. The average molecular weight is 287 g/mol. The number of carbonyl (C=O) groups excluding carboxylic acids is 1. The van der Waals surface area contributed by atoms with Gasteiger partial charge in [0.2, 0.25) is 5.91 Å². The van der Waals surface area contributed by atoms with Gasteiger partial charge in [-0.1, -0.05) is 6.07 Å². The lowest BCUT2D eigenvalue weighted by Gasteiger charge is -2.09. The van der Waals surface area contributed by atoms with Crippen molar-refractivity contribution in [2.24, 2.45) is 0 Å². The molecule has 0 atom stereocenters. The first-order valence-electron chi connectivity index (χ1n) is 6.42. The molecule has 0 spiro atoms. The van der Waals surface area contributed by atoms with E-state index in [1.807, 2.05) is 18.2 Å². The largest absolute Gasteiger partial charge is 0.497 e. The molecular weight excluding hydrogens is 270 g/mol. The molecule has 5 heteroatoms. The lowest BCUT2D eigenvalue weighted by molar-refractivity contribution is -0.119. The van der Waals surface area contributed by atoms with Gasteiger partial charge in [0.25, 0.3) is 0 Å². The van der Waals surface area contributed by atoms with E-state index in [1.165, 1.54) is 7.11 Å². The fraction of sp³-hybridized carbons (Fsp3) is 0.188. The summed E-state index contributed by atoms with van der Waals surface area (Å²) in [4.78, 5) is 11.4. The minimum atomic E-state index is -0.195. The molecule has 2 aromatic rings. The SMILES string of the molecule is COCC(=O)Nc1ccc(Oc2cccc(OC)c2)cc1. The molecular formula is C16H17NO4. The summed E-state index contributed by atoms with van der Waals surface area (Å²) in [7, 11) is 3.08. The maximum absolute atomic E-state index is 11.4. The van der Waals surface area contributed by atoms with E-state index in [9.17, 15) is 4.79 Å². The first-order chi connectivity index (χ1) is 10.2. The molecule has 110 valence electrons. The number of ether oxygens (including phenoxy) is 3. The summed E-state index contributed by atoms with van der Waals surface area (Å²) >= 11 is 0. The second kappa shape index (κ2) is 7.31. The van der Waals surface area contributed by atoms with Gasteiger partial charge in [-0.2, -0.15) is 0 Å². The lowest BCUT2D eigenvalue weighted by atomic mass is 10.3. The van der Waals surface area contributed by atoms with Gasteiger partial charge >= 0.3 is 0 Å². The van der Waals surface area contributed by atoms with Crippen molar-refractivity contribution in [3.63, 3.8) is 0 Å². The highest BCUT2D eigenvalue weighted by atomic mass is 16.5. The van der Waals surface area contributed by atoms with Crippen LogP contribution in [-0.2, 0) is 9.53 Å². The highest BCUT2D eigenvalue weighted by Crippen LogP contribution is 2.26. The van der Waals surface area contributed by atoms with Crippen LogP contribution in [0.2, 0.25) is 0 Å². The van der Waals surface area contributed by atoms with Crippen molar-refractivity contribution in [3.05, 3.63) is 48.5 Å². The standard InChI is InChI=1S/C16H17NO4/c1-19-11-16(18)17-12-6-8-13(9-7-12)21-15-5-3-4-14(10-15)20-2/h3-10H,11H2,1-2H3,(H,17,18). The highest BCUT2D eigenvalue weighted by Gasteiger charge is 2.03. The molecule has 0 radical (unpaired) electrons. The molecule has 0 bridgehead atoms. The van der Waals surface area contributed by atoms with Crippen LogP contribution >= 0.6 is 0 Å². The molecule has 0 aliphatic carbocycles. The minimum absolute atomic E-state index is 0.0298. The van der Waals surface area contributed by atoms with E-state index >= 15 is 0 Å². The van der Waals surface area contributed by atoms with Crippen LogP contribution in [0.25, 0.3) is 0 Å². The van der Waals surface area contributed by atoms with Crippen LogP contribution in [0.5, 0.6) is 17.2 Å². The third-order valence-electron chi connectivity index (χ3n) is 2.69. The zero-order chi connectivity index (χ0) is 15.1. The Labute approximate surface area is 123 Å². The third-order valence-corrected chi connectivity index (χ3v) is 2.69.